The Morgan fingerprint density at radius 2 is 1.45 bits per heavy atom. The van der Waals surface area contributed by atoms with E-state index in [1.54, 1.807) is 0 Å². The zero-order valence-electron chi connectivity index (χ0n) is 11.6. The average molecular weight is 294 g/mol. The van der Waals surface area contributed by atoms with Crippen LogP contribution in [-0.2, 0) is 19.1 Å². The number of aliphatic hydroxyl groups is 4. The fraction of sp³-hybridized carbons (Fsp3) is 0.833. The van der Waals surface area contributed by atoms with E-state index in [2.05, 4.69) is 0 Å². The summed E-state index contributed by atoms with van der Waals surface area (Å²) in [6, 6.07) is 0. The third-order valence-corrected chi connectivity index (χ3v) is 2.59. The minimum Gasteiger partial charge on any atom is -0.457 e. The molecule has 8 nitrogen and oxygen atoms in total. The largest absolute Gasteiger partial charge is 0.457 e. The quantitative estimate of drug-likeness (QED) is 0.371. The van der Waals surface area contributed by atoms with Gasteiger partial charge in [0, 0.05) is 12.8 Å². The molecule has 0 radical (unpaired) electrons. The number of rotatable bonds is 9. The molecule has 4 N–H and O–H groups in total. The minimum absolute atomic E-state index is 0.0000913. The predicted octanol–water partition coefficient (Wildman–Crippen LogP) is -1.66. The Labute approximate surface area is 116 Å². The minimum atomic E-state index is -1.66. The molecule has 0 saturated carbocycles. The normalized spacial score (nSPS) is 16.9. The number of hydrogen-bond donors (Lipinski definition) is 4. The number of carbonyl (C=O) groups is 2. The van der Waals surface area contributed by atoms with Crippen LogP contribution >= 0.6 is 0 Å². The van der Waals surface area contributed by atoms with E-state index in [9.17, 15) is 19.8 Å². The Bertz CT molecular complexity index is 306. The predicted molar refractivity (Wildman–Crippen MR) is 66.5 cm³/mol. The lowest BCUT2D eigenvalue weighted by molar-refractivity contribution is -0.186. The maximum atomic E-state index is 11.2. The fourth-order valence-corrected chi connectivity index (χ4v) is 1.39. The number of carbonyl (C=O) groups excluding carboxylic acids is 2. The molecule has 0 heterocycles. The van der Waals surface area contributed by atoms with Crippen molar-refractivity contribution in [2.24, 2.45) is 0 Å². The molecule has 0 unspecified atom stereocenters. The Morgan fingerprint density at radius 1 is 0.950 bits per heavy atom. The Balaban J connectivity index is 4.92. The molecule has 0 aromatic heterocycles. The van der Waals surface area contributed by atoms with Gasteiger partial charge in [0.25, 0.3) is 0 Å². The van der Waals surface area contributed by atoms with Crippen molar-refractivity contribution in [2.45, 2.75) is 51.1 Å². The van der Waals surface area contributed by atoms with Crippen molar-refractivity contribution in [3.8, 4) is 0 Å². The monoisotopic (exact) mass is 294 g/mol. The summed E-state index contributed by atoms with van der Waals surface area (Å²) in [4.78, 5) is 22.4. The first-order chi connectivity index (χ1) is 9.40. The first-order valence-electron chi connectivity index (χ1n) is 6.37. The summed E-state index contributed by atoms with van der Waals surface area (Å²) in [5.41, 5.74) is 0. The maximum absolute atomic E-state index is 11.2. The molecule has 4 atom stereocenters. The molecule has 0 aliphatic carbocycles. The molecule has 0 aromatic carbocycles. The Kier molecular flexibility index (Phi) is 9.06. The molecule has 0 aliphatic rings. The highest BCUT2D eigenvalue weighted by Crippen LogP contribution is 2.13. The molecule has 8 heteroatoms. The SMILES string of the molecule is CCC(=O)O[C@H]([C@@H](O)[C@@H](CO)OC(=O)CC)[C@@H](O)CO. The number of esters is 2. The van der Waals surface area contributed by atoms with Gasteiger partial charge in [-0.05, 0) is 0 Å². The smallest absolute Gasteiger partial charge is 0.305 e. The molecule has 0 aliphatic heterocycles. The zero-order chi connectivity index (χ0) is 15.7. The summed E-state index contributed by atoms with van der Waals surface area (Å²) in [5.74, 6) is -1.37. The number of aliphatic hydroxyl groups excluding tert-OH is 4. The van der Waals surface area contributed by atoms with Crippen molar-refractivity contribution in [1.29, 1.82) is 0 Å². The van der Waals surface area contributed by atoms with E-state index in [-0.39, 0.29) is 12.8 Å². The van der Waals surface area contributed by atoms with Gasteiger partial charge in [-0.25, -0.2) is 0 Å². The molecule has 0 spiro atoms. The third-order valence-electron chi connectivity index (χ3n) is 2.59. The molecule has 0 fully saturated rings. The van der Waals surface area contributed by atoms with Crippen LogP contribution < -0.4 is 0 Å². The van der Waals surface area contributed by atoms with Crippen LogP contribution in [-0.4, -0.2) is 70.0 Å². The van der Waals surface area contributed by atoms with Gasteiger partial charge in [-0.2, -0.15) is 0 Å². The second kappa shape index (κ2) is 9.65. The fourth-order valence-electron chi connectivity index (χ4n) is 1.39. The van der Waals surface area contributed by atoms with Crippen molar-refractivity contribution in [3.63, 3.8) is 0 Å². The average Bonchev–Trinajstić information content (AvgIpc) is 2.47. The second-order valence-electron chi connectivity index (χ2n) is 4.11. The van der Waals surface area contributed by atoms with Gasteiger partial charge < -0.3 is 29.9 Å². The van der Waals surface area contributed by atoms with E-state index in [1.807, 2.05) is 0 Å². The molecule has 0 amide bonds. The first kappa shape index (κ1) is 18.8. The highest BCUT2D eigenvalue weighted by atomic mass is 16.6. The number of ether oxygens (including phenoxy) is 2. The molecule has 0 aromatic rings. The third kappa shape index (κ3) is 5.83. The lowest BCUT2D eigenvalue weighted by Gasteiger charge is -2.30. The van der Waals surface area contributed by atoms with E-state index in [0.29, 0.717) is 0 Å². The summed E-state index contributed by atoms with van der Waals surface area (Å²) in [6.45, 7) is 1.56. The van der Waals surface area contributed by atoms with Crippen molar-refractivity contribution in [2.75, 3.05) is 13.2 Å². The van der Waals surface area contributed by atoms with E-state index >= 15 is 0 Å². The second-order valence-corrected chi connectivity index (χ2v) is 4.11. The van der Waals surface area contributed by atoms with Crippen molar-refractivity contribution in [1.82, 2.24) is 0 Å². The van der Waals surface area contributed by atoms with E-state index in [1.165, 1.54) is 13.8 Å². The Morgan fingerprint density at radius 3 is 1.85 bits per heavy atom. The topological polar surface area (TPSA) is 134 Å². The molecular weight excluding hydrogens is 272 g/mol. The molecule has 0 rings (SSSR count). The Hall–Kier alpha value is -1.22. The molecule has 0 saturated heterocycles. The van der Waals surface area contributed by atoms with Crippen LogP contribution in [0.1, 0.15) is 26.7 Å². The van der Waals surface area contributed by atoms with E-state index in [4.69, 9.17) is 19.7 Å². The summed E-state index contributed by atoms with van der Waals surface area (Å²) in [6.07, 6.45) is -6.05. The van der Waals surface area contributed by atoms with Crippen LogP contribution in [0.5, 0.6) is 0 Å². The van der Waals surface area contributed by atoms with Gasteiger partial charge in [0.2, 0.25) is 0 Å². The van der Waals surface area contributed by atoms with E-state index < -0.39 is 49.6 Å². The molecule has 20 heavy (non-hydrogen) atoms. The van der Waals surface area contributed by atoms with Gasteiger partial charge in [-0.15, -0.1) is 0 Å². The van der Waals surface area contributed by atoms with Gasteiger partial charge in [0.05, 0.1) is 13.2 Å². The zero-order valence-corrected chi connectivity index (χ0v) is 11.6. The van der Waals surface area contributed by atoms with Gasteiger partial charge in [0.15, 0.2) is 12.2 Å². The molecular formula is C12H22O8. The van der Waals surface area contributed by atoms with Crippen molar-refractivity contribution >= 4 is 11.9 Å². The number of hydrogen-bond acceptors (Lipinski definition) is 8. The lowest BCUT2D eigenvalue weighted by Crippen LogP contribution is -2.50. The van der Waals surface area contributed by atoms with Gasteiger partial charge in [-0.1, -0.05) is 13.8 Å². The lowest BCUT2D eigenvalue weighted by atomic mass is 10.0. The van der Waals surface area contributed by atoms with Gasteiger partial charge in [0.1, 0.15) is 12.2 Å². The van der Waals surface area contributed by atoms with Crippen molar-refractivity contribution < 1.29 is 39.5 Å². The first-order valence-corrected chi connectivity index (χ1v) is 6.37. The highest BCUT2D eigenvalue weighted by molar-refractivity contribution is 5.69. The summed E-state index contributed by atoms with van der Waals surface area (Å²) in [7, 11) is 0. The van der Waals surface area contributed by atoms with Gasteiger partial charge in [-0.3, -0.25) is 9.59 Å². The highest BCUT2D eigenvalue weighted by Gasteiger charge is 2.37. The van der Waals surface area contributed by atoms with Crippen LogP contribution in [0.2, 0.25) is 0 Å². The van der Waals surface area contributed by atoms with Crippen molar-refractivity contribution in [3.05, 3.63) is 0 Å². The van der Waals surface area contributed by atoms with Gasteiger partial charge >= 0.3 is 11.9 Å². The molecule has 118 valence electrons. The van der Waals surface area contributed by atoms with Crippen LogP contribution in [0.15, 0.2) is 0 Å². The maximum Gasteiger partial charge on any atom is 0.305 e. The standard InChI is InChI=1S/C12H22O8/c1-3-9(16)19-8(6-14)11(18)12(7(15)5-13)20-10(17)4-2/h7-8,11-15,18H,3-6H2,1-2H3/t7-,8+,11-,12-/m0/s1. The summed E-state index contributed by atoms with van der Waals surface area (Å²) in [5, 5.41) is 37.5. The molecule has 0 bridgehead atoms. The van der Waals surface area contributed by atoms with Crippen LogP contribution in [0.25, 0.3) is 0 Å². The van der Waals surface area contributed by atoms with Crippen LogP contribution in [0.3, 0.4) is 0 Å². The van der Waals surface area contributed by atoms with E-state index in [0.717, 1.165) is 0 Å². The summed E-state index contributed by atoms with van der Waals surface area (Å²) >= 11 is 0. The summed E-state index contributed by atoms with van der Waals surface area (Å²) < 4.78 is 9.59. The van der Waals surface area contributed by atoms with Crippen LogP contribution in [0, 0.1) is 0 Å². The van der Waals surface area contributed by atoms with Crippen LogP contribution in [0.4, 0.5) is 0 Å².